The van der Waals surface area contributed by atoms with Crippen LogP contribution in [0.5, 0.6) is 0 Å². The first kappa shape index (κ1) is 12.5. The van der Waals surface area contributed by atoms with Gasteiger partial charge in [0.1, 0.15) is 5.69 Å². The van der Waals surface area contributed by atoms with Crippen LogP contribution in [0, 0.1) is 5.92 Å². The van der Waals surface area contributed by atoms with Crippen LogP contribution in [-0.2, 0) is 11.3 Å². The zero-order valence-electron chi connectivity index (χ0n) is 11.2. The van der Waals surface area contributed by atoms with E-state index in [1.807, 2.05) is 29.6 Å². The van der Waals surface area contributed by atoms with Gasteiger partial charge in [0.2, 0.25) is 5.91 Å². The van der Waals surface area contributed by atoms with Crippen LogP contribution in [0.3, 0.4) is 0 Å². The van der Waals surface area contributed by atoms with Crippen molar-refractivity contribution in [1.82, 2.24) is 25.1 Å². The third kappa shape index (κ3) is 2.40. The zero-order valence-corrected chi connectivity index (χ0v) is 12.0. The fraction of sp³-hybridized carbons (Fsp3) is 0.286. The second kappa shape index (κ2) is 4.92. The van der Waals surface area contributed by atoms with E-state index in [2.05, 4.69) is 20.6 Å². The molecule has 0 bridgehead atoms. The normalized spacial score (nSPS) is 14.5. The van der Waals surface area contributed by atoms with Gasteiger partial charge >= 0.3 is 0 Å². The fourth-order valence-corrected chi connectivity index (χ4v) is 2.85. The van der Waals surface area contributed by atoms with E-state index in [4.69, 9.17) is 0 Å². The van der Waals surface area contributed by atoms with Crippen molar-refractivity contribution in [2.24, 2.45) is 5.92 Å². The van der Waals surface area contributed by atoms with Crippen LogP contribution in [0.15, 0.2) is 29.6 Å². The van der Waals surface area contributed by atoms with Crippen LogP contribution in [0.2, 0.25) is 0 Å². The fourth-order valence-electron chi connectivity index (χ4n) is 2.16. The van der Waals surface area contributed by atoms with Crippen molar-refractivity contribution in [1.29, 1.82) is 0 Å². The Morgan fingerprint density at radius 2 is 2.24 bits per heavy atom. The molecule has 1 fully saturated rings. The molecule has 1 aliphatic rings. The molecule has 0 atom stereocenters. The van der Waals surface area contributed by atoms with Crippen LogP contribution < -0.4 is 5.32 Å². The van der Waals surface area contributed by atoms with Crippen molar-refractivity contribution < 1.29 is 4.79 Å². The summed E-state index contributed by atoms with van der Waals surface area (Å²) in [4.78, 5) is 12.8. The summed E-state index contributed by atoms with van der Waals surface area (Å²) in [6.45, 7) is 0.359. The number of nitrogens with zero attached hydrogens (tertiary/aromatic N) is 4. The van der Waals surface area contributed by atoms with Gasteiger partial charge in [-0.15, -0.1) is 21.5 Å². The molecule has 7 heteroatoms. The molecule has 3 aromatic heterocycles. The maximum atomic E-state index is 11.7. The van der Waals surface area contributed by atoms with Gasteiger partial charge in [-0.3, -0.25) is 4.79 Å². The SMILES string of the molecule is O=C(NCc1nnc2ccc(-c3cccs3)nn12)C1CC1. The Hall–Kier alpha value is -2.28. The Morgan fingerprint density at radius 3 is 3.00 bits per heavy atom. The average Bonchev–Trinajstić information content (AvgIpc) is 3.07. The number of carbonyl (C=O) groups is 1. The molecule has 0 saturated heterocycles. The molecule has 3 heterocycles. The lowest BCUT2D eigenvalue weighted by atomic mass is 10.3. The molecule has 6 nitrogen and oxygen atoms in total. The average molecular weight is 299 g/mol. The molecule has 0 aliphatic heterocycles. The molecule has 0 radical (unpaired) electrons. The van der Waals surface area contributed by atoms with E-state index in [0.717, 1.165) is 23.4 Å². The number of hydrogen-bond acceptors (Lipinski definition) is 5. The van der Waals surface area contributed by atoms with E-state index in [9.17, 15) is 4.79 Å². The first-order valence-electron chi connectivity index (χ1n) is 6.84. The predicted octanol–water partition coefficient (Wildman–Crippen LogP) is 1.88. The Morgan fingerprint density at radius 1 is 1.33 bits per heavy atom. The van der Waals surface area contributed by atoms with E-state index < -0.39 is 0 Å². The molecule has 1 N–H and O–H groups in total. The molecular formula is C14H13N5OS. The summed E-state index contributed by atoms with van der Waals surface area (Å²) in [5.74, 6) is 0.942. The van der Waals surface area contributed by atoms with Gasteiger partial charge in [0.15, 0.2) is 11.5 Å². The van der Waals surface area contributed by atoms with Crippen molar-refractivity contribution in [3.05, 3.63) is 35.5 Å². The number of aromatic nitrogens is 4. The van der Waals surface area contributed by atoms with Crippen molar-refractivity contribution >= 4 is 22.9 Å². The smallest absolute Gasteiger partial charge is 0.223 e. The van der Waals surface area contributed by atoms with E-state index in [0.29, 0.717) is 18.0 Å². The molecule has 106 valence electrons. The minimum Gasteiger partial charge on any atom is -0.348 e. The van der Waals surface area contributed by atoms with Crippen molar-refractivity contribution in [2.75, 3.05) is 0 Å². The minimum atomic E-state index is 0.0983. The number of amides is 1. The topological polar surface area (TPSA) is 72.2 Å². The highest BCUT2D eigenvalue weighted by Crippen LogP contribution is 2.28. The summed E-state index contributed by atoms with van der Waals surface area (Å²) in [6, 6.07) is 7.84. The first-order chi connectivity index (χ1) is 10.3. The third-order valence-corrected chi connectivity index (χ3v) is 4.36. The van der Waals surface area contributed by atoms with Crippen molar-refractivity contribution in [3.63, 3.8) is 0 Å². The summed E-state index contributed by atoms with van der Waals surface area (Å²) in [6.07, 6.45) is 1.99. The number of hydrogen-bond donors (Lipinski definition) is 1. The second-order valence-electron chi connectivity index (χ2n) is 5.07. The first-order valence-corrected chi connectivity index (χ1v) is 7.72. The number of thiophene rings is 1. The molecule has 1 amide bonds. The molecule has 21 heavy (non-hydrogen) atoms. The van der Waals surface area contributed by atoms with Crippen LogP contribution in [0.1, 0.15) is 18.7 Å². The molecule has 1 saturated carbocycles. The summed E-state index contributed by atoms with van der Waals surface area (Å²) >= 11 is 1.64. The minimum absolute atomic E-state index is 0.0983. The maximum Gasteiger partial charge on any atom is 0.223 e. The lowest BCUT2D eigenvalue weighted by Crippen LogP contribution is -2.25. The van der Waals surface area contributed by atoms with Gasteiger partial charge in [0, 0.05) is 5.92 Å². The largest absolute Gasteiger partial charge is 0.348 e. The Kier molecular flexibility index (Phi) is 2.92. The Labute approximate surface area is 124 Å². The maximum absolute atomic E-state index is 11.7. The van der Waals surface area contributed by atoms with Gasteiger partial charge in [-0.1, -0.05) is 6.07 Å². The molecular weight excluding hydrogens is 286 g/mol. The van der Waals surface area contributed by atoms with Crippen molar-refractivity contribution in [2.45, 2.75) is 19.4 Å². The van der Waals surface area contributed by atoms with Gasteiger partial charge < -0.3 is 5.32 Å². The summed E-state index contributed by atoms with van der Waals surface area (Å²) in [5.41, 5.74) is 1.57. The van der Waals surface area contributed by atoms with Gasteiger partial charge in [0.25, 0.3) is 0 Å². The van der Waals surface area contributed by atoms with Crippen LogP contribution in [-0.4, -0.2) is 25.7 Å². The van der Waals surface area contributed by atoms with Crippen molar-refractivity contribution in [3.8, 4) is 10.6 Å². The summed E-state index contributed by atoms with van der Waals surface area (Å²) in [7, 11) is 0. The highest BCUT2D eigenvalue weighted by molar-refractivity contribution is 7.13. The van der Waals surface area contributed by atoms with E-state index >= 15 is 0 Å². The summed E-state index contributed by atoms with van der Waals surface area (Å²) in [5, 5.41) is 17.7. The molecule has 1 aliphatic carbocycles. The number of rotatable bonds is 4. The van der Waals surface area contributed by atoms with Gasteiger partial charge in [0.05, 0.1) is 11.4 Å². The highest BCUT2D eigenvalue weighted by Gasteiger charge is 2.29. The standard InChI is InChI=1S/C14H13N5OS/c20-14(9-3-4-9)15-8-13-17-16-12-6-5-10(18-19(12)13)11-2-1-7-21-11/h1-2,5-7,9H,3-4,8H2,(H,15,20). The quantitative estimate of drug-likeness (QED) is 0.798. The lowest BCUT2D eigenvalue weighted by molar-refractivity contribution is -0.122. The molecule has 4 rings (SSSR count). The molecule has 0 aromatic carbocycles. The highest BCUT2D eigenvalue weighted by atomic mass is 32.1. The van der Waals surface area contributed by atoms with E-state index in [1.54, 1.807) is 15.9 Å². The Balaban J connectivity index is 1.62. The Bertz CT molecular complexity index is 791. The number of carbonyl (C=O) groups excluding carboxylic acids is 1. The van der Waals surface area contributed by atoms with Gasteiger partial charge in [-0.2, -0.15) is 9.61 Å². The van der Waals surface area contributed by atoms with Gasteiger partial charge in [-0.25, -0.2) is 0 Å². The van der Waals surface area contributed by atoms with Crippen LogP contribution in [0.25, 0.3) is 16.2 Å². The predicted molar refractivity (Wildman–Crippen MR) is 78.7 cm³/mol. The van der Waals surface area contributed by atoms with E-state index in [1.165, 1.54) is 0 Å². The van der Waals surface area contributed by atoms with E-state index in [-0.39, 0.29) is 11.8 Å². The molecule has 3 aromatic rings. The molecule has 0 spiro atoms. The van der Waals surface area contributed by atoms with Gasteiger partial charge in [-0.05, 0) is 36.4 Å². The van der Waals surface area contributed by atoms with Crippen LogP contribution in [0.4, 0.5) is 0 Å². The zero-order chi connectivity index (χ0) is 14.2. The van der Waals surface area contributed by atoms with Crippen LogP contribution >= 0.6 is 11.3 Å². The third-order valence-electron chi connectivity index (χ3n) is 3.47. The monoisotopic (exact) mass is 299 g/mol. The molecule has 0 unspecified atom stereocenters. The summed E-state index contributed by atoms with van der Waals surface area (Å²) < 4.78 is 1.70. The lowest BCUT2D eigenvalue weighted by Gasteiger charge is -2.03. The second-order valence-corrected chi connectivity index (χ2v) is 6.02. The number of fused-ring (bicyclic) bond motifs is 1. The number of nitrogens with one attached hydrogen (secondary N) is 1.